The van der Waals surface area contributed by atoms with Crippen LogP contribution in [-0.4, -0.2) is 33.5 Å². The molecule has 2 aromatic carbocycles. The standard InChI is InChI=1S/C22H18ClF3N2O2/c23-18-6-5-16(22(24,25)26)11-17(18)20(28-9-1-2-19(28)21(29)30)14-3-4-15-12-27-8-7-13(15)10-14/h3-8,10-12,19-20H,1-2,9H2,(H,29,30). The highest BCUT2D eigenvalue weighted by molar-refractivity contribution is 6.31. The normalized spacial score (nSPS) is 18.6. The van der Waals surface area contributed by atoms with E-state index in [4.69, 9.17) is 11.6 Å². The molecule has 0 bridgehead atoms. The van der Waals surface area contributed by atoms with Gasteiger partial charge in [-0.3, -0.25) is 14.7 Å². The first-order chi connectivity index (χ1) is 14.3. The van der Waals surface area contributed by atoms with Crippen LogP contribution in [0.2, 0.25) is 5.02 Å². The van der Waals surface area contributed by atoms with Gasteiger partial charge >= 0.3 is 12.1 Å². The number of hydrogen-bond acceptors (Lipinski definition) is 3. The summed E-state index contributed by atoms with van der Waals surface area (Å²) in [4.78, 5) is 17.6. The lowest BCUT2D eigenvalue weighted by Crippen LogP contribution is -2.39. The van der Waals surface area contributed by atoms with E-state index in [2.05, 4.69) is 4.98 Å². The van der Waals surface area contributed by atoms with E-state index in [1.807, 2.05) is 18.2 Å². The van der Waals surface area contributed by atoms with Gasteiger partial charge in [0.2, 0.25) is 0 Å². The summed E-state index contributed by atoms with van der Waals surface area (Å²) in [7, 11) is 0. The molecule has 3 aromatic rings. The first-order valence-corrected chi connectivity index (χ1v) is 9.82. The van der Waals surface area contributed by atoms with Gasteiger partial charge in [-0.1, -0.05) is 23.7 Å². The maximum absolute atomic E-state index is 13.4. The summed E-state index contributed by atoms with van der Waals surface area (Å²) in [5.74, 6) is -0.995. The molecule has 1 aliphatic heterocycles. The van der Waals surface area contributed by atoms with Crippen LogP contribution in [-0.2, 0) is 11.0 Å². The fourth-order valence-corrected chi connectivity index (χ4v) is 4.34. The Morgan fingerprint density at radius 1 is 1.17 bits per heavy atom. The van der Waals surface area contributed by atoms with Crippen LogP contribution in [0.3, 0.4) is 0 Å². The Morgan fingerprint density at radius 2 is 1.97 bits per heavy atom. The summed E-state index contributed by atoms with van der Waals surface area (Å²) in [5.41, 5.74) is 0.110. The number of carbonyl (C=O) groups is 1. The number of pyridine rings is 1. The van der Waals surface area contributed by atoms with Crippen LogP contribution in [0.5, 0.6) is 0 Å². The van der Waals surface area contributed by atoms with E-state index in [-0.39, 0.29) is 10.6 Å². The maximum Gasteiger partial charge on any atom is 0.416 e. The Morgan fingerprint density at radius 3 is 2.70 bits per heavy atom. The van der Waals surface area contributed by atoms with Crippen molar-refractivity contribution in [3.05, 3.63) is 76.6 Å². The molecule has 1 saturated heterocycles. The number of fused-ring (bicyclic) bond motifs is 1. The Bertz CT molecular complexity index is 1100. The first-order valence-electron chi connectivity index (χ1n) is 9.44. The van der Waals surface area contributed by atoms with Crippen molar-refractivity contribution in [2.45, 2.75) is 31.1 Å². The highest BCUT2D eigenvalue weighted by Crippen LogP contribution is 2.41. The second-order valence-electron chi connectivity index (χ2n) is 7.35. The monoisotopic (exact) mass is 434 g/mol. The minimum Gasteiger partial charge on any atom is -0.480 e. The smallest absolute Gasteiger partial charge is 0.416 e. The van der Waals surface area contributed by atoms with Crippen LogP contribution < -0.4 is 0 Å². The Labute approximate surface area is 175 Å². The third-order valence-electron chi connectivity index (χ3n) is 5.51. The molecule has 8 heteroatoms. The van der Waals surface area contributed by atoms with Crippen molar-refractivity contribution in [1.29, 1.82) is 0 Å². The molecule has 1 N–H and O–H groups in total. The molecule has 0 spiro atoms. The van der Waals surface area contributed by atoms with Crippen molar-refractivity contribution in [2.75, 3.05) is 6.54 Å². The summed E-state index contributed by atoms with van der Waals surface area (Å²) < 4.78 is 40.2. The van der Waals surface area contributed by atoms with Crippen molar-refractivity contribution in [2.24, 2.45) is 0 Å². The molecule has 0 radical (unpaired) electrons. The van der Waals surface area contributed by atoms with Crippen LogP contribution in [0.4, 0.5) is 13.2 Å². The average Bonchev–Trinajstić information content (AvgIpc) is 3.18. The van der Waals surface area contributed by atoms with Crippen LogP contribution >= 0.6 is 11.6 Å². The molecular formula is C22H18ClF3N2O2. The molecular weight excluding hydrogens is 417 g/mol. The van der Waals surface area contributed by atoms with Gasteiger partial charge in [0, 0.05) is 29.3 Å². The zero-order valence-corrected chi connectivity index (χ0v) is 16.5. The van der Waals surface area contributed by atoms with Gasteiger partial charge in [0.15, 0.2) is 0 Å². The summed E-state index contributed by atoms with van der Waals surface area (Å²) in [5, 5.41) is 11.6. The number of aromatic nitrogens is 1. The zero-order chi connectivity index (χ0) is 21.5. The minimum atomic E-state index is -4.53. The minimum absolute atomic E-state index is 0.166. The number of aliphatic carboxylic acids is 1. The summed E-state index contributed by atoms with van der Waals surface area (Å²) >= 11 is 6.36. The van der Waals surface area contributed by atoms with Crippen molar-refractivity contribution in [3.63, 3.8) is 0 Å². The van der Waals surface area contributed by atoms with E-state index < -0.39 is 29.8 Å². The Kier molecular flexibility index (Phi) is 5.42. The van der Waals surface area contributed by atoms with Gasteiger partial charge in [0.25, 0.3) is 0 Å². The number of carboxylic acids is 1. The van der Waals surface area contributed by atoms with Crippen LogP contribution in [0.1, 0.15) is 35.6 Å². The molecule has 4 nitrogen and oxygen atoms in total. The van der Waals surface area contributed by atoms with Crippen molar-refractivity contribution in [1.82, 2.24) is 9.88 Å². The van der Waals surface area contributed by atoms with Gasteiger partial charge in [0.1, 0.15) is 6.04 Å². The van der Waals surface area contributed by atoms with Crippen molar-refractivity contribution < 1.29 is 23.1 Å². The lowest BCUT2D eigenvalue weighted by Gasteiger charge is -2.33. The van der Waals surface area contributed by atoms with Crippen LogP contribution in [0, 0.1) is 0 Å². The van der Waals surface area contributed by atoms with E-state index in [9.17, 15) is 23.1 Å². The van der Waals surface area contributed by atoms with Gasteiger partial charge in [-0.15, -0.1) is 0 Å². The summed E-state index contributed by atoms with van der Waals surface area (Å²) in [6.07, 6.45) is -0.132. The fraction of sp³-hybridized carbons (Fsp3) is 0.273. The number of benzene rings is 2. The molecule has 0 amide bonds. The average molecular weight is 435 g/mol. The zero-order valence-electron chi connectivity index (χ0n) is 15.7. The van der Waals surface area contributed by atoms with Gasteiger partial charge in [-0.25, -0.2) is 0 Å². The van der Waals surface area contributed by atoms with Gasteiger partial charge < -0.3 is 5.11 Å². The molecule has 156 valence electrons. The van der Waals surface area contributed by atoms with Gasteiger partial charge in [-0.2, -0.15) is 13.2 Å². The number of carboxylic acid groups (broad SMARTS) is 1. The predicted octanol–water partition coefficient (Wildman–Crippen LogP) is 5.55. The van der Waals surface area contributed by atoms with Crippen molar-refractivity contribution >= 4 is 28.3 Å². The molecule has 2 unspecified atom stereocenters. The van der Waals surface area contributed by atoms with E-state index in [0.717, 1.165) is 22.9 Å². The molecule has 1 fully saturated rings. The Balaban J connectivity index is 1.91. The van der Waals surface area contributed by atoms with E-state index in [0.29, 0.717) is 24.9 Å². The van der Waals surface area contributed by atoms with Crippen LogP contribution in [0.25, 0.3) is 10.8 Å². The van der Waals surface area contributed by atoms with Crippen LogP contribution in [0.15, 0.2) is 54.9 Å². The summed E-state index contributed by atoms with van der Waals surface area (Å²) in [6.45, 7) is 0.447. The first kappa shape index (κ1) is 20.6. The lowest BCUT2D eigenvalue weighted by molar-refractivity contribution is -0.143. The molecule has 0 aliphatic carbocycles. The Hall–Kier alpha value is -2.64. The molecule has 2 atom stereocenters. The number of rotatable bonds is 4. The summed E-state index contributed by atoms with van der Waals surface area (Å²) in [6, 6.07) is 8.96. The molecule has 0 saturated carbocycles. The second-order valence-corrected chi connectivity index (χ2v) is 7.76. The van der Waals surface area contributed by atoms with E-state index >= 15 is 0 Å². The van der Waals surface area contributed by atoms with E-state index in [1.54, 1.807) is 23.4 Å². The second kappa shape index (κ2) is 7.89. The number of nitrogens with zero attached hydrogens (tertiary/aromatic N) is 2. The third-order valence-corrected chi connectivity index (χ3v) is 5.85. The molecule has 1 aromatic heterocycles. The quantitative estimate of drug-likeness (QED) is 0.585. The predicted molar refractivity (Wildman–Crippen MR) is 107 cm³/mol. The SMILES string of the molecule is O=C(O)C1CCCN1C(c1ccc2cnccc2c1)c1cc(C(F)(F)F)ccc1Cl. The number of likely N-dealkylation sites (tertiary alicyclic amines) is 1. The highest BCUT2D eigenvalue weighted by Gasteiger charge is 2.39. The fourth-order valence-electron chi connectivity index (χ4n) is 4.11. The lowest BCUT2D eigenvalue weighted by atomic mass is 9.93. The number of alkyl halides is 3. The maximum atomic E-state index is 13.4. The van der Waals surface area contributed by atoms with Gasteiger partial charge in [-0.05, 0) is 59.7 Å². The van der Waals surface area contributed by atoms with E-state index in [1.165, 1.54) is 6.07 Å². The molecule has 4 rings (SSSR count). The van der Waals surface area contributed by atoms with Gasteiger partial charge in [0.05, 0.1) is 11.6 Å². The topological polar surface area (TPSA) is 53.4 Å². The van der Waals surface area contributed by atoms with Crippen molar-refractivity contribution in [3.8, 4) is 0 Å². The number of halogens is 4. The highest BCUT2D eigenvalue weighted by atomic mass is 35.5. The molecule has 2 heterocycles. The largest absolute Gasteiger partial charge is 0.480 e. The third kappa shape index (κ3) is 3.87. The molecule has 30 heavy (non-hydrogen) atoms. The number of hydrogen-bond donors (Lipinski definition) is 1. The molecule has 1 aliphatic rings.